The molecular formula is C22H23N5OS. The van der Waals surface area contributed by atoms with E-state index in [9.17, 15) is 4.79 Å². The molecule has 1 atom stereocenters. The summed E-state index contributed by atoms with van der Waals surface area (Å²) >= 11 is 1.63. The molecular weight excluding hydrogens is 382 g/mol. The molecule has 7 heteroatoms. The van der Waals surface area contributed by atoms with Gasteiger partial charge in [-0.2, -0.15) is 0 Å². The number of amides is 1. The Morgan fingerprint density at radius 2 is 1.69 bits per heavy atom. The molecule has 29 heavy (non-hydrogen) atoms. The van der Waals surface area contributed by atoms with Crippen LogP contribution in [0.25, 0.3) is 21.6 Å². The van der Waals surface area contributed by atoms with E-state index in [1.54, 1.807) is 18.4 Å². The summed E-state index contributed by atoms with van der Waals surface area (Å²) in [6.45, 7) is 6.03. The Kier molecular flexibility index (Phi) is 4.70. The number of carbonyl (C=O) groups is 1. The fourth-order valence-electron chi connectivity index (χ4n) is 3.56. The quantitative estimate of drug-likeness (QED) is 0.688. The highest BCUT2D eigenvalue weighted by Crippen LogP contribution is 2.44. The van der Waals surface area contributed by atoms with Gasteiger partial charge in [0, 0.05) is 58.3 Å². The van der Waals surface area contributed by atoms with Gasteiger partial charge in [-0.15, -0.1) is 11.3 Å². The van der Waals surface area contributed by atoms with Crippen LogP contribution >= 0.6 is 11.3 Å². The van der Waals surface area contributed by atoms with Crippen molar-refractivity contribution in [3.8, 4) is 21.6 Å². The summed E-state index contributed by atoms with van der Waals surface area (Å²) in [5, 5.41) is 11.4. The first kappa shape index (κ1) is 19.3. The Labute approximate surface area is 174 Å². The number of hydrogen-bond donors (Lipinski definition) is 2. The normalized spacial score (nSPS) is 19.4. The van der Waals surface area contributed by atoms with Crippen molar-refractivity contribution >= 4 is 23.2 Å². The molecule has 148 valence electrons. The maximum absolute atomic E-state index is 12.4. The summed E-state index contributed by atoms with van der Waals surface area (Å²) in [5.74, 6) is 0.0527. The molecule has 2 N–H and O–H groups in total. The van der Waals surface area contributed by atoms with Crippen LogP contribution in [-0.2, 0) is 10.3 Å². The van der Waals surface area contributed by atoms with Crippen molar-refractivity contribution < 1.29 is 4.79 Å². The zero-order chi connectivity index (χ0) is 20.8. The summed E-state index contributed by atoms with van der Waals surface area (Å²) in [4.78, 5) is 24.6. The van der Waals surface area contributed by atoms with Gasteiger partial charge in [-0.1, -0.05) is 0 Å². The topological polar surface area (TPSA) is 82.0 Å². The first-order valence-electron chi connectivity index (χ1n) is 9.38. The van der Waals surface area contributed by atoms with Crippen LogP contribution in [0.2, 0.25) is 0 Å². The fraction of sp³-hybridized carbons (Fsp3) is 0.273. The predicted octanol–water partition coefficient (Wildman–Crippen LogP) is 4.09. The van der Waals surface area contributed by atoms with Gasteiger partial charge < -0.3 is 5.32 Å². The number of guanidine groups is 1. The summed E-state index contributed by atoms with van der Waals surface area (Å²) < 4.78 is 0. The molecule has 1 fully saturated rings. The molecule has 0 aliphatic carbocycles. The summed E-state index contributed by atoms with van der Waals surface area (Å²) in [5.41, 5.74) is 4.68. The van der Waals surface area contributed by atoms with E-state index in [1.807, 2.05) is 45.6 Å². The molecule has 1 amide bonds. The zero-order valence-electron chi connectivity index (χ0n) is 16.9. The third-order valence-corrected chi connectivity index (χ3v) is 6.66. The van der Waals surface area contributed by atoms with E-state index >= 15 is 0 Å². The van der Waals surface area contributed by atoms with Gasteiger partial charge in [0.15, 0.2) is 5.96 Å². The molecule has 0 aromatic carbocycles. The minimum absolute atomic E-state index is 0.0674. The lowest BCUT2D eigenvalue weighted by atomic mass is 9.91. The Balaban J connectivity index is 1.88. The van der Waals surface area contributed by atoms with Crippen molar-refractivity contribution in [3.05, 3.63) is 59.0 Å². The lowest BCUT2D eigenvalue weighted by Gasteiger charge is -2.38. The van der Waals surface area contributed by atoms with E-state index in [2.05, 4.69) is 33.5 Å². The lowest BCUT2D eigenvalue weighted by Crippen LogP contribution is -2.57. The maximum atomic E-state index is 12.4. The highest BCUT2D eigenvalue weighted by molar-refractivity contribution is 7.16. The van der Waals surface area contributed by atoms with E-state index in [1.165, 1.54) is 4.90 Å². The number of nitrogens with one attached hydrogen (secondary N) is 2. The molecule has 1 aliphatic heterocycles. The van der Waals surface area contributed by atoms with Gasteiger partial charge in [0.2, 0.25) is 5.91 Å². The van der Waals surface area contributed by atoms with Crippen LogP contribution in [0, 0.1) is 19.3 Å². The SMILES string of the molecule is Cc1cncc(-c2cc([C@]3(C)CC(=O)N(C)C(=N)N3)sc2-c2cncc(C)c2)c1. The van der Waals surface area contributed by atoms with Crippen LogP contribution in [0.3, 0.4) is 0 Å². The lowest BCUT2D eigenvalue weighted by molar-refractivity contribution is -0.129. The third kappa shape index (κ3) is 3.53. The molecule has 3 aromatic heterocycles. The minimum Gasteiger partial charge on any atom is -0.345 e. The number of pyridine rings is 2. The van der Waals surface area contributed by atoms with Gasteiger partial charge in [-0.25, -0.2) is 0 Å². The summed E-state index contributed by atoms with van der Waals surface area (Å²) in [6, 6.07) is 6.35. The second-order valence-electron chi connectivity index (χ2n) is 7.79. The first-order valence-corrected chi connectivity index (χ1v) is 10.2. The van der Waals surface area contributed by atoms with Crippen molar-refractivity contribution in [2.24, 2.45) is 0 Å². The fourth-order valence-corrected chi connectivity index (χ4v) is 4.82. The molecule has 4 rings (SSSR count). The first-order chi connectivity index (χ1) is 13.8. The van der Waals surface area contributed by atoms with Gasteiger partial charge >= 0.3 is 0 Å². The van der Waals surface area contributed by atoms with Gasteiger partial charge in [-0.3, -0.25) is 25.1 Å². The molecule has 6 nitrogen and oxygen atoms in total. The molecule has 1 saturated heterocycles. The van der Waals surface area contributed by atoms with E-state index in [0.29, 0.717) is 6.42 Å². The third-order valence-electron chi connectivity index (χ3n) is 5.21. The van der Waals surface area contributed by atoms with Crippen LogP contribution in [0.1, 0.15) is 29.3 Å². The Bertz CT molecular complexity index is 1040. The van der Waals surface area contributed by atoms with Crippen LogP contribution in [0.15, 0.2) is 43.0 Å². The number of aryl methyl sites for hydroxylation is 2. The second kappa shape index (κ2) is 7.08. The molecule has 3 aromatic rings. The molecule has 0 bridgehead atoms. The monoisotopic (exact) mass is 405 g/mol. The maximum Gasteiger partial charge on any atom is 0.231 e. The average Bonchev–Trinajstić information content (AvgIpc) is 3.12. The van der Waals surface area contributed by atoms with Crippen molar-refractivity contribution in [2.45, 2.75) is 32.7 Å². The average molecular weight is 406 g/mol. The molecule has 0 saturated carbocycles. The van der Waals surface area contributed by atoms with Crippen molar-refractivity contribution in [3.63, 3.8) is 0 Å². The number of thiophene rings is 1. The zero-order valence-corrected chi connectivity index (χ0v) is 17.7. The number of nitrogens with zero attached hydrogens (tertiary/aromatic N) is 3. The van der Waals surface area contributed by atoms with Crippen LogP contribution < -0.4 is 5.32 Å². The Morgan fingerprint density at radius 1 is 1.07 bits per heavy atom. The summed E-state index contributed by atoms with van der Waals surface area (Å²) in [7, 11) is 1.62. The number of aromatic nitrogens is 2. The van der Waals surface area contributed by atoms with E-state index in [0.717, 1.165) is 37.6 Å². The van der Waals surface area contributed by atoms with Crippen LogP contribution in [0.4, 0.5) is 0 Å². The number of carbonyl (C=O) groups excluding carboxylic acids is 1. The number of rotatable bonds is 3. The highest BCUT2D eigenvalue weighted by atomic mass is 32.1. The van der Waals surface area contributed by atoms with Crippen LogP contribution in [0.5, 0.6) is 0 Å². The Hall–Kier alpha value is -3.06. The van der Waals surface area contributed by atoms with E-state index < -0.39 is 5.54 Å². The molecule has 0 unspecified atom stereocenters. The van der Waals surface area contributed by atoms with Crippen LogP contribution in [-0.4, -0.2) is 33.8 Å². The molecule has 0 spiro atoms. The predicted molar refractivity (Wildman–Crippen MR) is 116 cm³/mol. The van der Waals surface area contributed by atoms with E-state index in [-0.39, 0.29) is 11.9 Å². The van der Waals surface area contributed by atoms with Gasteiger partial charge in [0.1, 0.15) is 0 Å². The van der Waals surface area contributed by atoms with E-state index in [4.69, 9.17) is 5.41 Å². The van der Waals surface area contributed by atoms with Gasteiger partial charge in [0.05, 0.1) is 12.0 Å². The Morgan fingerprint density at radius 3 is 2.31 bits per heavy atom. The molecule has 1 aliphatic rings. The molecule has 0 radical (unpaired) electrons. The summed E-state index contributed by atoms with van der Waals surface area (Å²) in [6.07, 6.45) is 7.70. The van der Waals surface area contributed by atoms with Crippen molar-refractivity contribution in [2.75, 3.05) is 7.05 Å². The van der Waals surface area contributed by atoms with Crippen molar-refractivity contribution in [1.82, 2.24) is 20.2 Å². The van der Waals surface area contributed by atoms with Crippen molar-refractivity contribution in [1.29, 1.82) is 5.41 Å². The standard InChI is InChI=1S/C22H23N5OS/c1-13-5-15(11-24-9-13)17-7-18(22(3)8-19(28)27(4)21(23)26-22)29-20(17)16-6-14(2)10-25-12-16/h5-7,9-12H,8H2,1-4H3,(H2,23,26)/t22-/m0/s1. The smallest absolute Gasteiger partial charge is 0.231 e. The second-order valence-corrected chi connectivity index (χ2v) is 8.84. The largest absolute Gasteiger partial charge is 0.345 e. The van der Waals surface area contributed by atoms with Gasteiger partial charge in [-0.05, 0) is 50.1 Å². The molecule has 4 heterocycles. The van der Waals surface area contributed by atoms with Gasteiger partial charge in [0.25, 0.3) is 0 Å². The highest BCUT2D eigenvalue weighted by Gasteiger charge is 2.39. The number of hydrogen-bond acceptors (Lipinski definition) is 5. The minimum atomic E-state index is -0.632.